The van der Waals surface area contributed by atoms with Crippen LogP contribution in [0.5, 0.6) is 0 Å². The van der Waals surface area contributed by atoms with Gasteiger partial charge in [0.1, 0.15) is 11.5 Å². The molecule has 3 aromatic carbocycles. The summed E-state index contributed by atoms with van der Waals surface area (Å²) >= 11 is 0. The van der Waals surface area contributed by atoms with Gasteiger partial charge < -0.3 is 4.98 Å². The SMILES string of the molecule is CS(=O)(=O)NCc1cc(F)cc(-c2cccc3[nH]c(-c4n[nH]c5ccc(-c6ccncc6)cc45)cc23)c1. The lowest BCUT2D eigenvalue weighted by atomic mass is 9.99. The van der Waals surface area contributed by atoms with E-state index in [9.17, 15) is 12.8 Å². The molecule has 3 heterocycles. The second kappa shape index (κ2) is 8.95. The molecule has 0 fully saturated rings. The summed E-state index contributed by atoms with van der Waals surface area (Å²) in [7, 11) is -3.40. The van der Waals surface area contributed by atoms with Gasteiger partial charge in [0.2, 0.25) is 10.0 Å². The van der Waals surface area contributed by atoms with E-state index >= 15 is 0 Å². The van der Waals surface area contributed by atoms with E-state index in [1.165, 1.54) is 12.1 Å². The molecule has 3 N–H and O–H groups in total. The number of benzene rings is 3. The normalized spacial score (nSPS) is 11.9. The Morgan fingerprint density at radius 1 is 0.865 bits per heavy atom. The minimum atomic E-state index is -3.40. The maximum atomic E-state index is 14.5. The molecule has 0 unspecified atom stereocenters. The number of nitrogens with one attached hydrogen (secondary N) is 3. The molecule has 6 aromatic rings. The van der Waals surface area contributed by atoms with Gasteiger partial charge in [0.25, 0.3) is 0 Å². The second-order valence-electron chi connectivity index (χ2n) is 8.96. The molecule has 0 aliphatic heterocycles. The first-order valence-corrected chi connectivity index (χ1v) is 13.5. The molecule has 7 nitrogen and oxygen atoms in total. The van der Waals surface area contributed by atoms with E-state index in [1.807, 2.05) is 48.5 Å². The number of rotatable bonds is 6. The minimum absolute atomic E-state index is 0.0109. The Hall–Kier alpha value is -4.34. The molecule has 9 heteroatoms. The smallest absolute Gasteiger partial charge is 0.209 e. The second-order valence-corrected chi connectivity index (χ2v) is 10.8. The Balaban J connectivity index is 1.44. The number of H-pyrrole nitrogens is 2. The number of halogens is 1. The third-order valence-electron chi connectivity index (χ3n) is 6.30. The Labute approximate surface area is 212 Å². The summed E-state index contributed by atoms with van der Waals surface area (Å²) in [6.45, 7) is 0.0109. The number of pyridine rings is 1. The van der Waals surface area contributed by atoms with Crippen molar-refractivity contribution in [2.45, 2.75) is 6.54 Å². The lowest BCUT2D eigenvalue weighted by Crippen LogP contribution is -2.21. The molecule has 3 aromatic heterocycles. The molecule has 0 spiro atoms. The molecular formula is C28H22FN5O2S. The van der Waals surface area contributed by atoms with E-state index in [4.69, 9.17) is 0 Å². The molecule has 0 bridgehead atoms. The van der Waals surface area contributed by atoms with Crippen LogP contribution < -0.4 is 4.72 Å². The first-order valence-electron chi connectivity index (χ1n) is 11.6. The zero-order valence-corrected chi connectivity index (χ0v) is 20.6. The zero-order chi connectivity index (χ0) is 25.6. The van der Waals surface area contributed by atoms with E-state index in [-0.39, 0.29) is 6.54 Å². The highest BCUT2D eigenvalue weighted by Gasteiger charge is 2.15. The van der Waals surface area contributed by atoms with E-state index in [2.05, 4.69) is 31.0 Å². The Morgan fingerprint density at radius 3 is 2.51 bits per heavy atom. The van der Waals surface area contributed by atoms with Crippen molar-refractivity contribution in [1.82, 2.24) is 24.9 Å². The zero-order valence-electron chi connectivity index (χ0n) is 19.8. The van der Waals surface area contributed by atoms with Gasteiger partial charge >= 0.3 is 0 Å². The van der Waals surface area contributed by atoms with Crippen molar-refractivity contribution in [2.75, 3.05) is 6.26 Å². The Bertz CT molecular complexity index is 1880. The van der Waals surface area contributed by atoms with Gasteiger partial charge in [0.05, 0.1) is 17.5 Å². The molecule has 0 radical (unpaired) electrons. The van der Waals surface area contributed by atoms with Crippen LogP contribution in [-0.4, -0.2) is 34.8 Å². The topological polar surface area (TPSA) is 104 Å². The maximum absolute atomic E-state index is 14.5. The average molecular weight is 512 g/mol. The molecule has 184 valence electrons. The van der Waals surface area contributed by atoms with Gasteiger partial charge in [-0.1, -0.05) is 18.2 Å². The van der Waals surface area contributed by atoms with Gasteiger partial charge in [-0.3, -0.25) is 10.1 Å². The van der Waals surface area contributed by atoms with Gasteiger partial charge in [-0.05, 0) is 82.4 Å². The number of aromatic nitrogens is 4. The lowest BCUT2D eigenvalue weighted by Gasteiger charge is -2.08. The first-order chi connectivity index (χ1) is 17.8. The van der Waals surface area contributed by atoms with Crippen molar-refractivity contribution in [3.05, 3.63) is 96.6 Å². The van der Waals surface area contributed by atoms with E-state index in [0.29, 0.717) is 11.1 Å². The van der Waals surface area contributed by atoms with Crippen LogP contribution in [0.1, 0.15) is 5.56 Å². The highest BCUT2D eigenvalue weighted by Crippen LogP contribution is 2.35. The molecule has 37 heavy (non-hydrogen) atoms. The number of sulfonamides is 1. The fourth-order valence-electron chi connectivity index (χ4n) is 4.60. The summed E-state index contributed by atoms with van der Waals surface area (Å²) in [6.07, 6.45) is 4.61. The van der Waals surface area contributed by atoms with Gasteiger partial charge in [0, 0.05) is 35.2 Å². The summed E-state index contributed by atoms with van der Waals surface area (Å²) in [4.78, 5) is 7.56. The van der Waals surface area contributed by atoms with Crippen LogP contribution in [0.3, 0.4) is 0 Å². The lowest BCUT2D eigenvalue weighted by molar-refractivity contribution is 0.586. The molecule has 0 saturated heterocycles. The summed E-state index contributed by atoms with van der Waals surface area (Å²) < 4.78 is 40.0. The summed E-state index contributed by atoms with van der Waals surface area (Å²) in [6, 6.07) is 22.5. The third kappa shape index (κ3) is 4.62. The van der Waals surface area contributed by atoms with Crippen LogP contribution in [-0.2, 0) is 16.6 Å². The molecular weight excluding hydrogens is 489 g/mol. The molecule has 0 saturated carbocycles. The molecule has 6 rings (SSSR count). The van der Waals surface area contributed by atoms with Crippen LogP contribution >= 0.6 is 0 Å². The first kappa shape index (κ1) is 23.1. The van der Waals surface area contributed by atoms with Crippen LogP contribution in [0.2, 0.25) is 0 Å². The monoisotopic (exact) mass is 511 g/mol. The predicted molar refractivity (Wildman–Crippen MR) is 144 cm³/mol. The number of hydrogen-bond acceptors (Lipinski definition) is 4. The third-order valence-corrected chi connectivity index (χ3v) is 6.97. The Morgan fingerprint density at radius 2 is 1.70 bits per heavy atom. The van der Waals surface area contributed by atoms with E-state index < -0.39 is 15.8 Å². The Kier molecular flexibility index (Phi) is 5.58. The van der Waals surface area contributed by atoms with Crippen molar-refractivity contribution in [1.29, 1.82) is 0 Å². The minimum Gasteiger partial charge on any atom is -0.353 e. The van der Waals surface area contributed by atoms with Crippen LogP contribution in [0, 0.1) is 5.82 Å². The van der Waals surface area contributed by atoms with Crippen molar-refractivity contribution < 1.29 is 12.8 Å². The largest absolute Gasteiger partial charge is 0.353 e. The van der Waals surface area contributed by atoms with E-state index in [1.54, 1.807) is 18.5 Å². The highest BCUT2D eigenvalue weighted by atomic mass is 32.2. The highest BCUT2D eigenvalue weighted by molar-refractivity contribution is 7.88. The average Bonchev–Trinajstić information content (AvgIpc) is 3.51. The fourth-order valence-corrected chi connectivity index (χ4v) is 5.03. The number of hydrogen-bond donors (Lipinski definition) is 3. The quantitative estimate of drug-likeness (QED) is 0.270. The molecule has 0 aliphatic carbocycles. The van der Waals surface area contributed by atoms with Gasteiger partial charge in [-0.15, -0.1) is 0 Å². The summed E-state index contributed by atoms with van der Waals surface area (Å²) in [5.74, 6) is -0.433. The van der Waals surface area contributed by atoms with Crippen LogP contribution in [0.15, 0.2) is 85.2 Å². The van der Waals surface area contributed by atoms with Crippen LogP contribution in [0.4, 0.5) is 4.39 Å². The fraction of sp³-hybridized carbons (Fsp3) is 0.0714. The van der Waals surface area contributed by atoms with Crippen LogP contribution in [0.25, 0.3) is 55.4 Å². The van der Waals surface area contributed by atoms with Gasteiger partial charge in [0.15, 0.2) is 0 Å². The van der Waals surface area contributed by atoms with Gasteiger partial charge in [-0.2, -0.15) is 5.10 Å². The summed E-state index contributed by atoms with van der Waals surface area (Å²) in [5, 5.41) is 9.57. The predicted octanol–water partition coefficient (Wildman–Crippen LogP) is 5.63. The van der Waals surface area contributed by atoms with Gasteiger partial charge in [-0.25, -0.2) is 17.5 Å². The van der Waals surface area contributed by atoms with Crippen molar-refractivity contribution in [2.24, 2.45) is 0 Å². The van der Waals surface area contributed by atoms with E-state index in [0.717, 1.165) is 56.1 Å². The summed E-state index contributed by atoms with van der Waals surface area (Å²) in [5.41, 5.74) is 7.57. The molecule has 0 amide bonds. The van der Waals surface area contributed by atoms with Crippen molar-refractivity contribution in [3.63, 3.8) is 0 Å². The number of aromatic amines is 2. The molecule has 0 atom stereocenters. The number of fused-ring (bicyclic) bond motifs is 2. The standard InChI is InChI=1S/C28H22FN5O2S/c1-37(35,36)31-16-17-11-20(13-21(29)12-17)22-3-2-4-25-23(22)15-27(32-25)28-24-14-19(5-6-26(24)33-34-28)18-7-9-30-10-8-18/h2-15,31-32H,16H2,1H3,(H,33,34). The van der Waals surface area contributed by atoms with Crippen molar-refractivity contribution in [3.8, 4) is 33.6 Å². The van der Waals surface area contributed by atoms with Crippen molar-refractivity contribution >= 4 is 31.8 Å². The number of nitrogens with zero attached hydrogens (tertiary/aromatic N) is 2. The maximum Gasteiger partial charge on any atom is 0.209 e. The molecule has 0 aliphatic rings.